The minimum atomic E-state index is -0.516. The number of hydrogen-bond acceptors (Lipinski definition) is 5. The summed E-state index contributed by atoms with van der Waals surface area (Å²) in [7, 11) is 0. The Morgan fingerprint density at radius 2 is 2.14 bits per heavy atom. The number of nitrogens with zero attached hydrogens (tertiary/aromatic N) is 3. The van der Waals surface area contributed by atoms with Gasteiger partial charge >= 0.3 is 6.09 Å². The highest BCUT2D eigenvalue weighted by Gasteiger charge is 2.30. The van der Waals surface area contributed by atoms with Crippen LogP contribution in [0.25, 0.3) is 0 Å². The highest BCUT2D eigenvalue weighted by Crippen LogP contribution is 2.15. The van der Waals surface area contributed by atoms with Gasteiger partial charge in [0, 0.05) is 31.5 Å². The Hall–Kier alpha value is -2.18. The van der Waals surface area contributed by atoms with Crippen LogP contribution in [-0.4, -0.2) is 51.6 Å². The molecular weight excluding hydrogens is 272 g/mol. The number of carbonyl (C=O) groups excluding carboxylic acids is 2. The zero-order chi connectivity index (χ0) is 15.5. The number of ether oxygens (including phenoxy) is 1. The molecule has 0 aliphatic carbocycles. The van der Waals surface area contributed by atoms with Crippen molar-refractivity contribution in [3.8, 4) is 0 Å². The molecular formula is C14H20N4O3. The highest BCUT2D eigenvalue weighted by molar-refractivity contribution is 5.92. The Balaban J connectivity index is 1.86. The van der Waals surface area contributed by atoms with E-state index in [0.717, 1.165) is 0 Å². The summed E-state index contributed by atoms with van der Waals surface area (Å²) >= 11 is 0. The van der Waals surface area contributed by atoms with Crippen molar-refractivity contribution in [2.75, 3.05) is 13.1 Å². The van der Waals surface area contributed by atoms with E-state index in [4.69, 9.17) is 4.74 Å². The quantitative estimate of drug-likeness (QED) is 0.886. The SMILES string of the molecule is CC(C)(C)OC(=O)N1CC[C@H](NC(=O)c2cnccn2)C1. The molecule has 114 valence electrons. The topological polar surface area (TPSA) is 84.4 Å². The molecule has 7 heteroatoms. The Kier molecular flexibility index (Phi) is 4.40. The van der Waals surface area contributed by atoms with Gasteiger partial charge in [0.15, 0.2) is 0 Å². The fraction of sp³-hybridized carbons (Fsp3) is 0.571. The second-order valence-electron chi connectivity index (χ2n) is 5.98. The summed E-state index contributed by atoms with van der Waals surface area (Å²) in [6.45, 7) is 6.50. The van der Waals surface area contributed by atoms with E-state index in [-0.39, 0.29) is 23.7 Å². The molecule has 0 bridgehead atoms. The van der Waals surface area contributed by atoms with Crippen molar-refractivity contribution in [1.29, 1.82) is 0 Å². The monoisotopic (exact) mass is 292 g/mol. The molecule has 2 heterocycles. The van der Waals surface area contributed by atoms with Gasteiger partial charge in [-0.1, -0.05) is 0 Å². The van der Waals surface area contributed by atoms with Crippen molar-refractivity contribution in [2.45, 2.75) is 38.8 Å². The number of carbonyl (C=O) groups is 2. The Bertz CT molecular complexity index is 513. The minimum Gasteiger partial charge on any atom is -0.444 e. The number of amides is 2. The average molecular weight is 292 g/mol. The molecule has 0 aromatic carbocycles. The summed E-state index contributed by atoms with van der Waals surface area (Å²) in [5.41, 5.74) is -0.244. The van der Waals surface area contributed by atoms with Gasteiger partial charge in [-0.05, 0) is 27.2 Å². The molecule has 0 unspecified atom stereocenters. The molecule has 1 saturated heterocycles. The maximum atomic E-state index is 12.0. The number of likely N-dealkylation sites (tertiary alicyclic amines) is 1. The summed E-state index contributed by atoms with van der Waals surface area (Å²) in [5.74, 6) is -0.279. The van der Waals surface area contributed by atoms with Crippen LogP contribution in [0.4, 0.5) is 4.79 Å². The van der Waals surface area contributed by atoms with Crippen LogP contribution in [0.2, 0.25) is 0 Å². The molecule has 7 nitrogen and oxygen atoms in total. The Morgan fingerprint density at radius 1 is 1.38 bits per heavy atom. The van der Waals surface area contributed by atoms with E-state index in [0.29, 0.717) is 19.5 Å². The third-order valence-corrected chi connectivity index (χ3v) is 2.97. The molecule has 1 aromatic rings. The Morgan fingerprint density at radius 3 is 2.76 bits per heavy atom. The normalized spacial score (nSPS) is 18.4. The van der Waals surface area contributed by atoms with E-state index in [9.17, 15) is 9.59 Å². The first-order chi connectivity index (χ1) is 9.85. The average Bonchev–Trinajstić information content (AvgIpc) is 2.86. The van der Waals surface area contributed by atoms with E-state index >= 15 is 0 Å². The highest BCUT2D eigenvalue weighted by atomic mass is 16.6. The maximum absolute atomic E-state index is 12.0. The van der Waals surface area contributed by atoms with E-state index in [1.165, 1.54) is 18.6 Å². The van der Waals surface area contributed by atoms with Gasteiger partial charge in [0.2, 0.25) is 0 Å². The lowest BCUT2D eigenvalue weighted by molar-refractivity contribution is 0.0290. The molecule has 1 aliphatic heterocycles. The molecule has 21 heavy (non-hydrogen) atoms. The molecule has 2 amide bonds. The molecule has 1 aromatic heterocycles. The van der Waals surface area contributed by atoms with Crippen molar-refractivity contribution in [1.82, 2.24) is 20.2 Å². The van der Waals surface area contributed by atoms with Gasteiger partial charge in [-0.2, -0.15) is 0 Å². The van der Waals surface area contributed by atoms with Gasteiger partial charge in [0.05, 0.1) is 6.20 Å². The van der Waals surface area contributed by atoms with E-state index < -0.39 is 5.60 Å². The third-order valence-electron chi connectivity index (χ3n) is 2.97. The lowest BCUT2D eigenvalue weighted by Crippen LogP contribution is -2.40. The fourth-order valence-electron chi connectivity index (χ4n) is 2.05. The second kappa shape index (κ2) is 6.07. The zero-order valence-electron chi connectivity index (χ0n) is 12.5. The smallest absolute Gasteiger partial charge is 0.410 e. The van der Waals surface area contributed by atoms with Crippen molar-refractivity contribution in [3.05, 3.63) is 24.3 Å². The molecule has 1 atom stereocenters. The first-order valence-corrected chi connectivity index (χ1v) is 6.90. The third kappa shape index (κ3) is 4.40. The van der Waals surface area contributed by atoms with Crippen LogP contribution in [0.3, 0.4) is 0 Å². The predicted octanol–water partition coefficient (Wildman–Crippen LogP) is 1.22. The first-order valence-electron chi connectivity index (χ1n) is 6.90. The van der Waals surface area contributed by atoms with Crippen LogP contribution in [0.5, 0.6) is 0 Å². The van der Waals surface area contributed by atoms with Crippen LogP contribution < -0.4 is 5.32 Å². The molecule has 1 aliphatic rings. The van der Waals surface area contributed by atoms with Gasteiger partial charge in [0.1, 0.15) is 11.3 Å². The van der Waals surface area contributed by atoms with Gasteiger partial charge < -0.3 is 15.0 Å². The Labute approximate surface area is 123 Å². The molecule has 0 saturated carbocycles. The fourth-order valence-corrected chi connectivity index (χ4v) is 2.05. The number of hydrogen-bond donors (Lipinski definition) is 1. The predicted molar refractivity (Wildman–Crippen MR) is 75.7 cm³/mol. The van der Waals surface area contributed by atoms with Crippen molar-refractivity contribution in [3.63, 3.8) is 0 Å². The van der Waals surface area contributed by atoms with Crippen molar-refractivity contribution >= 4 is 12.0 Å². The molecule has 1 fully saturated rings. The van der Waals surface area contributed by atoms with E-state index in [2.05, 4.69) is 15.3 Å². The first kappa shape index (κ1) is 15.2. The lowest BCUT2D eigenvalue weighted by Gasteiger charge is -2.24. The minimum absolute atomic E-state index is 0.0907. The number of nitrogens with one attached hydrogen (secondary N) is 1. The van der Waals surface area contributed by atoms with E-state index in [1.54, 1.807) is 4.90 Å². The van der Waals surface area contributed by atoms with Crippen LogP contribution in [0.15, 0.2) is 18.6 Å². The van der Waals surface area contributed by atoms with Crippen LogP contribution in [0, 0.1) is 0 Å². The van der Waals surface area contributed by atoms with Crippen molar-refractivity contribution in [2.24, 2.45) is 0 Å². The second-order valence-corrected chi connectivity index (χ2v) is 5.98. The maximum Gasteiger partial charge on any atom is 0.410 e. The van der Waals surface area contributed by atoms with E-state index in [1.807, 2.05) is 20.8 Å². The van der Waals surface area contributed by atoms with Gasteiger partial charge in [-0.15, -0.1) is 0 Å². The van der Waals surface area contributed by atoms with Crippen LogP contribution in [-0.2, 0) is 4.74 Å². The molecule has 1 N–H and O–H groups in total. The van der Waals surface area contributed by atoms with Crippen LogP contribution >= 0.6 is 0 Å². The summed E-state index contributed by atoms with van der Waals surface area (Å²) < 4.78 is 5.31. The van der Waals surface area contributed by atoms with Crippen molar-refractivity contribution < 1.29 is 14.3 Å². The number of rotatable bonds is 2. The van der Waals surface area contributed by atoms with Gasteiger partial charge in [-0.3, -0.25) is 9.78 Å². The largest absolute Gasteiger partial charge is 0.444 e. The molecule has 0 radical (unpaired) electrons. The zero-order valence-corrected chi connectivity index (χ0v) is 12.5. The lowest BCUT2D eigenvalue weighted by atomic mass is 10.2. The number of aromatic nitrogens is 2. The van der Waals surface area contributed by atoms with Gasteiger partial charge in [0.25, 0.3) is 5.91 Å². The van der Waals surface area contributed by atoms with Crippen LogP contribution in [0.1, 0.15) is 37.7 Å². The molecule has 0 spiro atoms. The summed E-state index contributed by atoms with van der Waals surface area (Å²) in [6.07, 6.45) is 4.74. The summed E-state index contributed by atoms with van der Waals surface area (Å²) in [5, 5.41) is 2.85. The standard InChI is InChI=1S/C14H20N4O3/c1-14(2,3)21-13(20)18-7-4-10(9-18)17-12(19)11-8-15-5-6-16-11/h5-6,8,10H,4,7,9H2,1-3H3,(H,17,19)/t10-/m0/s1. The summed E-state index contributed by atoms with van der Waals surface area (Å²) in [4.78, 5) is 33.3. The molecule has 2 rings (SSSR count). The summed E-state index contributed by atoms with van der Waals surface area (Å²) in [6, 6.07) is -0.0907. The van der Waals surface area contributed by atoms with Gasteiger partial charge in [-0.25, -0.2) is 9.78 Å².